The standard InChI is InChI=1S/C48H33NO/c1-4-13-34(14-5-1)36-23-26-41(27-24-36)49(42-28-29-44-43-21-10-11-22-47(43)50-48(44)33-42)46-30-25-40(32-45(46)37-17-8-3-9-18-37)39-20-12-19-38(31-39)35-15-6-2-7-16-35/h1-33H. The number of fused-ring (bicyclic) bond motifs is 3. The first-order valence-corrected chi connectivity index (χ1v) is 17.0. The van der Waals surface area contributed by atoms with Gasteiger partial charge in [0.2, 0.25) is 0 Å². The van der Waals surface area contributed by atoms with E-state index in [4.69, 9.17) is 4.42 Å². The number of anilines is 3. The molecule has 8 aromatic carbocycles. The van der Waals surface area contributed by atoms with E-state index >= 15 is 0 Å². The fourth-order valence-electron chi connectivity index (χ4n) is 6.98. The maximum atomic E-state index is 6.40. The predicted octanol–water partition coefficient (Wildman–Crippen LogP) is 13.7. The zero-order valence-electron chi connectivity index (χ0n) is 27.4. The lowest BCUT2D eigenvalue weighted by molar-refractivity contribution is 0.669. The maximum Gasteiger partial charge on any atom is 0.137 e. The molecule has 0 aliphatic heterocycles. The zero-order valence-corrected chi connectivity index (χ0v) is 27.4. The van der Waals surface area contributed by atoms with Crippen molar-refractivity contribution in [3.63, 3.8) is 0 Å². The molecule has 0 bridgehead atoms. The lowest BCUT2D eigenvalue weighted by atomic mass is 9.94. The molecule has 0 spiro atoms. The van der Waals surface area contributed by atoms with Gasteiger partial charge in [0.15, 0.2) is 0 Å². The van der Waals surface area contributed by atoms with Gasteiger partial charge >= 0.3 is 0 Å². The molecule has 0 N–H and O–H groups in total. The average molecular weight is 640 g/mol. The van der Waals surface area contributed by atoms with Crippen LogP contribution in [0, 0.1) is 0 Å². The first kappa shape index (κ1) is 29.5. The molecule has 50 heavy (non-hydrogen) atoms. The summed E-state index contributed by atoms with van der Waals surface area (Å²) in [6.07, 6.45) is 0. The number of furan rings is 1. The van der Waals surface area contributed by atoms with Gasteiger partial charge in [0.05, 0.1) is 5.69 Å². The van der Waals surface area contributed by atoms with E-state index in [1.54, 1.807) is 0 Å². The molecular formula is C48H33NO. The van der Waals surface area contributed by atoms with Crippen molar-refractivity contribution in [3.05, 3.63) is 200 Å². The van der Waals surface area contributed by atoms with Crippen LogP contribution in [0.1, 0.15) is 0 Å². The minimum Gasteiger partial charge on any atom is -0.456 e. The van der Waals surface area contributed by atoms with Gasteiger partial charge in [0.1, 0.15) is 11.2 Å². The maximum absolute atomic E-state index is 6.40. The molecule has 1 heterocycles. The second kappa shape index (κ2) is 12.8. The monoisotopic (exact) mass is 639 g/mol. The number of para-hydroxylation sites is 1. The number of rotatable bonds is 7. The van der Waals surface area contributed by atoms with Crippen LogP contribution in [0.25, 0.3) is 66.4 Å². The molecular weight excluding hydrogens is 607 g/mol. The lowest BCUT2D eigenvalue weighted by Crippen LogP contribution is -2.11. The predicted molar refractivity (Wildman–Crippen MR) is 210 cm³/mol. The summed E-state index contributed by atoms with van der Waals surface area (Å²) < 4.78 is 6.40. The highest BCUT2D eigenvalue weighted by Gasteiger charge is 2.20. The van der Waals surface area contributed by atoms with Crippen LogP contribution in [-0.2, 0) is 0 Å². The smallest absolute Gasteiger partial charge is 0.137 e. The summed E-state index contributed by atoms with van der Waals surface area (Å²) in [7, 11) is 0. The van der Waals surface area contributed by atoms with Gasteiger partial charge in [-0.1, -0.05) is 146 Å². The van der Waals surface area contributed by atoms with Gasteiger partial charge in [-0.25, -0.2) is 0 Å². The van der Waals surface area contributed by atoms with Crippen molar-refractivity contribution >= 4 is 39.0 Å². The summed E-state index contributed by atoms with van der Waals surface area (Å²) in [6, 6.07) is 71.1. The van der Waals surface area contributed by atoms with Crippen molar-refractivity contribution in [1.82, 2.24) is 0 Å². The van der Waals surface area contributed by atoms with Crippen molar-refractivity contribution in [3.8, 4) is 44.5 Å². The second-order valence-corrected chi connectivity index (χ2v) is 12.6. The molecule has 0 atom stereocenters. The summed E-state index contributed by atoms with van der Waals surface area (Å²) in [5.41, 5.74) is 14.4. The normalized spacial score (nSPS) is 11.2. The number of hydrogen-bond acceptors (Lipinski definition) is 2. The molecule has 236 valence electrons. The summed E-state index contributed by atoms with van der Waals surface area (Å²) in [6.45, 7) is 0. The van der Waals surface area contributed by atoms with E-state index in [2.05, 4.69) is 193 Å². The third kappa shape index (κ3) is 5.53. The fraction of sp³-hybridized carbons (Fsp3) is 0. The Hall–Kier alpha value is -6.64. The van der Waals surface area contributed by atoms with Crippen LogP contribution in [0.2, 0.25) is 0 Å². The van der Waals surface area contributed by atoms with Crippen LogP contribution in [-0.4, -0.2) is 0 Å². The van der Waals surface area contributed by atoms with E-state index in [1.807, 2.05) is 12.1 Å². The molecule has 9 rings (SSSR count). The van der Waals surface area contributed by atoms with E-state index in [9.17, 15) is 0 Å². The Bertz CT molecular complexity index is 2570. The van der Waals surface area contributed by atoms with Crippen LogP contribution < -0.4 is 4.90 Å². The summed E-state index contributed by atoms with van der Waals surface area (Å²) >= 11 is 0. The van der Waals surface area contributed by atoms with Crippen LogP contribution in [0.4, 0.5) is 17.1 Å². The Morgan fingerprint density at radius 3 is 1.52 bits per heavy atom. The SMILES string of the molecule is c1ccc(-c2ccc(N(c3ccc4c(c3)oc3ccccc34)c3ccc(-c4cccc(-c5ccccc5)c4)cc3-c3ccccc3)cc2)cc1. The van der Waals surface area contributed by atoms with E-state index in [0.29, 0.717) is 0 Å². The van der Waals surface area contributed by atoms with Crippen molar-refractivity contribution in [1.29, 1.82) is 0 Å². The van der Waals surface area contributed by atoms with Gasteiger partial charge in [0.25, 0.3) is 0 Å². The van der Waals surface area contributed by atoms with Crippen LogP contribution in [0.5, 0.6) is 0 Å². The average Bonchev–Trinajstić information content (AvgIpc) is 3.57. The molecule has 0 radical (unpaired) electrons. The van der Waals surface area contributed by atoms with Gasteiger partial charge in [-0.2, -0.15) is 0 Å². The molecule has 0 saturated heterocycles. The van der Waals surface area contributed by atoms with Gasteiger partial charge in [-0.05, 0) is 87.5 Å². The largest absolute Gasteiger partial charge is 0.456 e. The van der Waals surface area contributed by atoms with E-state index < -0.39 is 0 Å². The van der Waals surface area contributed by atoms with E-state index in [1.165, 1.54) is 27.8 Å². The summed E-state index contributed by atoms with van der Waals surface area (Å²) in [4.78, 5) is 2.36. The Kier molecular flexibility index (Phi) is 7.53. The topological polar surface area (TPSA) is 16.4 Å². The number of benzene rings is 8. The van der Waals surface area contributed by atoms with Crippen molar-refractivity contribution in [2.75, 3.05) is 4.90 Å². The molecule has 2 heteroatoms. The van der Waals surface area contributed by atoms with Crippen molar-refractivity contribution in [2.24, 2.45) is 0 Å². The quantitative estimate of drug-likeness (QED) is 0.173. The molecule has 2 nitrogen and oxygen atoms in total. The molecule has 1 aromatic heterocycles. The summed E-state index contributed by atoms with van der Waals surface area (Å²) in [5.74, 6) is 0. The van der Waals surface area contributed by atoms with Crippen molar-refractivity contribution < 1.29 is 4.42 Å². The van der Waals surface area contributed by atoms with Gasteiger partial charge in [-0.15, -0.1) is 0 Å². The highest BCUT2D eigenvalue weighted by atomic mass is 16.3. The van der Waals surface area contributed by atoms with Gasteiger partial charge in [0, 0.05) is 33.8 Å². The van der Waals surface area contributed by atoms with Gasteiger partial charge < -0.3 is 9.32 Å². The van der Waals surface area contributed by atoms with Crippen LogP contribution in [0.15, 0.2) is 205 Å². The minimum absolute atomic E-state index is 0.866. The molecule has 0 aliphatic carbocycles. The Morgan fingerprint density at radius 2 is 0.800 bits per heavy atom. The zero-order chi connectivity index (χ0) is 33.3. The van der Waals surface area contributed by atoms with Crippen LogP contribution in [0.3, 0.4) is 0 Å². The summed E-state index contributed by atoms with van der Waals surface area (Å²) in [5, 5.41) is 2.24. The number of hydrogen-bond donors (Lipinski definition) is 0. The Morgan fingerprint density at radius 1 is 0.300 bits per heavy atom. The first-order valence-electron chi connectivity index (χ1n) is 17.0. The highest BCUT2D eigenvalue weighted by Crippen LogP contribution is 2.44. The Labute approximate surface area is 292 Å². The second-order valence-electron chi connectivity index (χ2n) is 12.6. The van der Waals surface area contributed by atoms with Crippen molar-refractivity contribution in [2.45, 2.75) is 0 Å². The molecule has 0 unspecified atom stereocenters. The molecule has 0 amide bonds. The molecule has 0 aliphatic rings. The van der Waals surface area contributed by atoms with Gasteiger partial charge in [-0.3, -0.25) is 0 Å². The third-order valence-electron chi connectivity index (χ3n) is 9.48. The van der Waals surface area contributed by atoms with Crippen LogP contribution >= 0.6 is 0 Å². The first-order chi connectivity index (χ1) is 24.8. The third-order valence-corrected chi connectivity index (χ3v) is 9.48. The molecule has 0 fully saturated rings. The molecule has 9 aromatic rings. The Balaban J connectivity index is 1.23. The molecule has 0 saturated carbocycles. The minimum atomic E-state index is 0.866. The lowest BCUT2D eigenvalue weighted by Gasteiger charge is -2.28. The van der Waals surface area contributed by atoms with E-state index in [-0.39, 0.29) is 0 Å². The highest BCUT2D eigenvalue weighted by molar-refractivity contribution is 6.06. The fourth-order valence-corrected chi connectivity index (χ4v) is 6.98. The number of nitrogens with zero attached hydrogens (tertiary/aromatic N) is 1. The van der Waals surface area contributed by atoms with E-state index in [0.717, 1.165) is 55.7 Å².